The van der Waals surface area contributed by atoms with Gasteiger partial charge in [0.05, 0.1) is 45.4 Å². The highest BCUT2D eigenvalue weighted by atomic mass is 35.5. The molecule has 2 aromatic heterocycles. The summed E-state index contributed by atoms with van der Waals surface area (Å²) in [6.45, 7) is 2.90. The summed E-state index contributed by atoms with van der Waals surface area (Å²) in [5, 5.41) is 43.3. The van der Waals surface area contributed by atoms with Gasteiger partial charge in [0.2, 0.25) is 15.8 Å². The van der Waals surface area contributed by atoms with E-state index in [0.29, 0.717) is 28.0 Å². The van der Waals surface area contributed by atoms with Crippen molar-refractivity contribution in [3.63, 3.8) is 0 Å². The van der Waals surface area contributed by atoms with Gasteiger partial charge in [-0.1, -0.05) is 30.0 Å². The van der Waals surface area contributed by atoms with Crippen LogP contribution in [0.2, 0.25) is 0 Å². The van der Waals surface area contributed by atoms with Gasteiger partial charge in [-0.25, -0.2) is 19.0 Å². The number of aliphatic carboxylic acids is 1. The number of β-lactam (4-membered cyclic amide) rings is 1. The van der Waals surface area contributed by atoms with Crippen LogP contribution < -0.4 is 17.0 Å². The number of fused-ring (bicyclic) bond motifs is 2. The van der Waals surface area contributed by atoms with Crippen LogP contribution in [0.1, 0.15) is 42.3 Å². The normalized spacial score (nSPS) is 21.4. The van der Waals surface area contributed by atoms with Crippen LogP contribution in [0.25, 0.3) is 10.4 Å². The third-order valence-electron chi connectivity index (χ3n) is 10.6. The minimum absolute atomic E-state index is 0. The van der Waals surface area contributed by atoms with Crippen molar-refractivity contribution in [1.29, 1.82) is 0 Å². The number of imidazole rings is 1. The summed E-state index contributed by atoms with van der Waals surface area (Å²) in [5.74, 6) is -2.69. The maximum atomic E-state index is 13.6. The zero-order chi connectivity index (χ0) is 41.6. The van der Waals surface area contributed by atoms with E-state index in [-0.39, 0.29) is 67.8 Å². The number of carbonyl (C=O) groups is 4. The lowest BCUT2D eigenvalue weighted by Gasteiger charge is -2.46. The van der Waals surface area contributed by atoms with E-state index in [4.69, 9.17) is 14.2 Å². The van der Waals surface area contributed by atoms with Crippen molar-refractivity contribution in [2.45, 2.75) is 62.7 Å². The number of thioether (sulfide) groups is 1. The van der Waals surface area contributed by atoms with E-state index >= 15 is 0 Å². The molecule has 6 atom stereocenters. The molecule has 0 bridgehead atoms. The van der Waals surface area contributed by atoms with Crippen LogP contribution in [0.15, 0.2) is 71.8 Å². The minimum Gasteiger partial charge on any atom is -1.00 e. The van der Waals surface area contributed by atoms with Gasteiger partial charge in [0.25, 0.3) is 17.7 Å². The minimum atomic E-state index is -1.23. The van der Waals surface area contributed by atoms with Crippen LogP contribution >= 0.6 is 23.1 Å². The number of carboxylic acid groups (broad SMARTS) is 1. The van der Waals surface area contributed by atoms with Gasteiger partial charge in [-0.15, -0.1) is 0 Å². The van der Waals surface area contributed by atoms with Gasteiger partial charge in [0.15, 0.2) is 0 Å². The lowest BCUT2D eigenvalue weighted by atomic mass is 9.77. The molecule has 0 aliphatic carbocycles. The number of benzene rings is 2. The Morgan fingerprint density at radius 3 is 2.14 bits per heavy atom. The quantitative estimate of drug-likeness (QED) is 0.0487. The molecule has 2 saturated heterocycles. The van der Waals surface area contributed by atoms with Gasteiger partial charge in [-0.3, -0.25) is 29.9 Å². The van der Waals surface area contributed by atoms with Gasteiger partial charge in [-0.05, 0) is 48.6 Å². The number of non-ortho nitro benzene ring substituents is 2. The zero-order valence-electron chi connectivity index (χ0n) is 31.5. The molecular weight excluding hydrogens is 836 g/mol. The molecule has 2 aromatic carbocycles. The summed E-state index contributed by atoms with van der Waals surface area (Å²) < 4.78 is 20.1. The van der Waals surface area contributed by atoms with Gasteiger partial charge in [0, 0.05) is 42.2 Å². The molecular formula is C37H37ClN6O13S2. The van der Waals surface area contributed by atoms with E-state index in [0.717, 1.165) is 9.86 Å². The lowest BCUT2D eigenvalue weighted by molar-refractivity contribution is -0.751. The summed E-state index contributed by atoms with van der Waals surface area (Å²) in [5.41, 5.74) is 1.22. The highest BCUT2D eigenvalue weighted by Gasteiger charge is 2.60. The number of likely N-dealkylation sites (tertiary alicyclic amines) is 1. The monoisotopic (exact) mass is 872 g/mol. The molecule has 3 aliphatic rings. The predicted molar refractivity (Wildman–Crippen MR) is 203 cm³/mol. The first-order valence-corrected chi connectivity index (χ1v) is 20.0. The van der Waals surface area contributed by atoms with E-state index < -0.39 is 58.1 Å². The van der Waals surface area contributed by atoms with E-state index in [9.17, 15) is 49.6 Å². The first-order chi connectivity index (χ1) is 27.7. The zero-order valence-corrected chi connectivity index (χ0v) is 33.9. The second-order valence-electron chi connectivity index (χ2n) is 14.1. The average Bonchev–Trinajstić information content (AvgIpc) is 3.94. The number of halogens is 1. The van der Waals surface area contributed by atoms with Crippen LogP contribution in [0.5, 0.6) is 0 Å². The number of aromatic nitrogens is 2. The summed E-state index contributed by atoms with van der Waals surface area (Å²) in [6.07, 6.45) is 3.21. The Kier molecular flexibility index (Phi) is 12.5. The molecule has 312 valence electrons. The highest BCUT2D eigenvalue weighted by molar-refractivity contribution is 7.98. The smallest absolute Gasteiger partial charge is 0.508 e. The van der Waals surface area contributed by atoms with E-state index in [1.54, 1.807) is 0 Å². The van der Waals surface area contributed by atoms with E-state index in [1.807, 2.05) is 34.7 Å². The van der Waals surface area contributed by atoms with Crippen molar-refractivity contribution in [1.82, 2.24) is 14.2 Å². The van der Waals surface area contributed by atoms with Gasteiger partial charge < -0.3 is 41.7 Å². The van der Waals surface area contributed by atoms with E-state index in [2.05, 4.69) is 0 Å². The second kappa shape index (κ2) is 17.2. The Hall–Kier alpha value is -5.77. The molecule has 0 saturated carbocycles. The Morgan fingerprint density at radius 1 is 1.00 bits per heavy atom. The lowest BCUT2D eigenvalue weighted by Crippen LogP contribution is -3.00. The molecule has 19 nitrogen and oxygen atoms in total. The largest absolute Gasteiger partial charge is 1.00 e. The SMILES string of the molecule is CSc1c2sc(C3=C(C(=O)O)N4C(=O)[C@H]([C@@H](C)O)[C@H]4[C@H]3C)cn2c[n+]1[C@@H]1C[C@@H](COC(=O)OCc2ccc([N+](=O)[O-])cc2)N(C(=O)OCc2ccc([N+](=O)[O-])cc2)C1.[Cl-]. The van der Waals surface area contributed by atoms with Crippen LogP contribution in [-0.2, 0) is 37.0 Å². The third-order valence-corrected chi connectivity index (χ3v) is 12.7. The number of nitro benzene ring substituents is 2. The molecule has 22 heteroatoms. The summed E-state index contributed by atoms with van der Waals surface area (Å²) in [4.78, 5) is 76.8. The second-order valence-corrected chi connectivity index (χ2v) is 15.9. The maximum Gasteiger partial charge on any atom is 0.508 e. The summed E-state index contributed by atoms with van der Waals surface area (Å²) >= 11 is 2.81. The number of hydrogen-bond acceptors (Lipinski definition) is 14. The summed E-state index contributed by atoms with van der Waals surface area (Å²) in [7, 11) is 0. The Morgan fingerprint density at radius 2 is 1.59 bits per heavy atom. The van der Waals surface area contributed by atoms with Crippen molar-refractivity contribution in [2.24, 2.45) is 11.8 Å². The van der Waals surface area contributed by atoms with Crippen molar-refractivity contribution < 1.29 is 70.4 Å². The van der Waals surface area contributed by atoms with Crippen LogP contribution in [-0.4, -0.2) is 96.0 Å². The first kappa shape index (κ1) is 42.8. The number of hydrogen-bond donors (Lipinski definition) is 2. The number of amides is 2. The van der Waals surface area contributed by atoms with Crippen LogP contribution in [0.4, 0.5) is 21.0 Å². The van der Waals surface area contributed by atoms with Crippen molar-refractivity contribution >= 4 is 69.0 Å². The highest BCUT2D eigenvalue weighted by Crippen LogP contribution is 2.51. The number of aliphatic hydroxyl groups is 1. The molecule has 0 spiro atoms. The number of aliphatic hydroxyl groups excluding tert-OH is 1. The van der Waals surface area contributed by atoms with Gasteiger partial charge in [0.1, 0.15) is 37.8 Å². The Balaban J connectivity index is 0.00000585. The van der Waals surface area contributed by atoms with Crippen molar-refractivity contribution in [2.75, 3.05) is 19.4 Å². The number of nitrogens with zero attached hydrogens (tertiary/aromatic N) is 6. The molecule has 0 unspecified atom stereocenters. The fourth-order valence-corrected chi connectivity index (χ4v) is 10.1. The molecule has 59 heavy (non-hydrogen) atoms. The Labute approximate surface area is 349 Å². The van der Waals surface area contributed by atoms with Crippen molar-refractivity contribution in [3.8, 4) is 0 Å². The molecule has 2 fully saturated rings. The third kappa shape index (κ3) is 8.14. The molecule has 4 aromatic rings. The molecule has 3 aliphatic heterocycles. The molecule has 2 N–H and O–H groups in total. The Bertz CT molecular complexity index is 2350. The number of ether oxygens (including phenoxy) is 3. The number of nitro groups is 2. The van der Waals surface area contributed by atoms with Crippen molar-refractivity contribution in [3.05, 3.63) is 103 Å². The van der Waals surface area contributed by atoms with E-state index in [1.165, 1.54) is 88.4 Å². The average molecular weight is 873 g/mol. The molecule has 2 amide bonds. The fourth-order valence-electron chi connectivity index (χ4n) is 7.85. The van der Waals surface area contributed by atoms with Crippen LogP contribution in [0, 0.1) is 32.1 Å². The van der Waals surface area contributed by atoms with Gasteiger partial charge >= 0.3 is 18.2 Å². The predicted octanol–water partition coefficient (Wildman–Crippen LogP) is 1.79. The number of carbonyl (C=O) groups excluding carboxylic acids is 3. The topological polar surface area (TPSA) is 237 Å². The number of carboxylic acids is 1. The van der Waals surface area contributed by atoms with Crippen LogP contribution in [0.3, 0.4) is 0 Å². The van der Waals surface area contributed by atoms with Gasteiger partial charge in [-0.2, -0.15) is 4.40 Å². The molecule has 0 radical (unpaired) electrons. The fraction of sp³-hybridized carbons (Fsp3) is 0.378. The standard InChI is InChI=1S/C37H36N6O13S2.ClH/c1-19-28(31(35(46)47)41-30(19)29(20(2)44)32(41)45)27-14-38-18-40(34(57-3)33(38)58-27)25-12-26(17-56-37(49)55-16-22-6-10-24(11-7-22)43(52)53)39(13-25)36(48)54-15-21-4-8-23(9-5-21)42(50)51;/h4-11,14,18-20,25-26,29-30,44H,12-13,15-17H2,1-3H3;1H/t19-,20+,25+,26-,29+,30+;/m0./s1. The molecule has 7 rings (SSSR count). The summed E-state index contributed by atoms with van der Waals surface area (Å²) in [6, 6.07) is 9.58. The maximum absolute atomic E-state index is 13.6. The first-order valence-electron chi connectivity index (χ1n) is 18.0. The molecule has 5 heterocycles. The number of thiazole rings is 1. The number of rotatable bonds is 13.